The van der Waals surface area contributed by atoms with Gasteiger partial charge in [0.15, 0.2) is 23.7 Å². The van der Waals surface area contributed by atoms with Gasteiger partial charge in [0.05, 0.1) is 11.4 Å². The second-order valence-corrected chi connectivity index (χ2v) is 8.60. The molecule has 156 valence electrons. The molecule has 1 unspecified atom stereocenters. The largest absolute Gasteiger partial charge is 0.384 e. The normalized spacial score (nSPS) is 37.0. The topological polar surface area (TPSA) is 86.8 Å². The Bertz CT molecular complexity index is 1000. The Balaban J connectivity index is 1.46. The van der Waals surface area contributed by atoms with E-state index in [2.05, 4.69) is 4.98 Å². The number of ether oxygens (including phenoxy) is 3. The van der Waals surface area contributed by atoms with Crippen LogP contribution in [0.1, 0.15) is 25.8 Å². The number of alkyl halides is 2. The van der Waals surface area contributed by atoms with Crippen LogP contribution in [0.3, 0.4) is 0 Å². The van der Waals surface area contributed by atoms with Crippen LogP contribution in [0.25, 0.3) is 10.9 Å². The first kappa shape index (κ1) is 19.0. The number of halogens is 3. The molecule has 2 aliphatic heterocycles. The molecule has 0 amide bonds. The summed E-state index contributed by atoms with van der Waals surface area (Å²) < 4.78 is 60.4. The quantitative estimate of drug-likeness (QED) is 0.792. The highest BCUT2D eigenvalue weighted by molar-refractivity contribution is 5.80. The lowest BCUT2D eigenvalue weighted by Crippen LogP contribution is -2.47. The summed E-state index contributed by atoms with van der Waals surface area (Å²) in [4.78, 5) is 3.98. The molecule has 3 aliphatic rings. The van der Waals surface area contributed by atoms with Crippen molar-refractivity contribution >= 4 is 16.7 Å². The van der Waals surface area contributed by atoms with Crippen molar-refractivity contribution in [1.82, 2.24) is 4.98 Å². The molecule has 3 fully saturated rings. The van der Waals surface area contributed by atoms with Crippen molar-refractivity contribution in [2.75, 3.05) is 5.73 Å². The maximum atomic E-state index is 14.9. The SMILES string of the molecule is CC1(C)OC2[C@H](O[C@@H]3[C@H](Cc4ccc5cc(F)c(N)nc5c4)C(F)(F)C[C@]23O)O1. The third-order valence-corrected chi connectivity index (χ3v) is 6.07. The molecule has 1 saturated carbocycles. The Hall–Kier alpha value is -1.94. The number of pyridine rings is 1. The summed E-state index contributed by atoms with van der Waals surface area (Å²) in [5.41, 5.74) is 4.65. The van der Waals surface area contributed by atoms with E-state index in [9.17, 15) is 18.3 Å². The number of fused-ring (bicyclic) bond motifs is 4. The summed E-state index contributed by atoms with van der Waals surface area (Å²) in [6, 6.07) is 6.10. The minimum absolute atomic E-state index is 0.0578. The van der Waals surface area contributed by atoms with E-state index < -0.39 is 54.0 Å². The molecule has 3 heterocycles. The van der Waals surface area contributed by atoms with Crippen molar-refractivity contribution in [1.29, 1.82) is 0 Å². The van der Waals surface area contributed by atoms with Crippen LogP contribution in [-0.2, 0) is 20.6 Å². The summed E-state index contributed by atoms with van der Waals surface area (Å²) in [6.45, 7) is 3.29. The van der Waals surface area contributed by atoms with E-state index in [-0.39, 0.29) is 12.2 Å². The lowest BCUT2D eigenvalue weighted by molar-refractivity contribution is -0.229. The molecular weight excluding hydrogens is 389 g/mol. The Labute approximate surface area is 164 Å². The van der Waals surface area contributed by atoms with E-state index in [4.69, 9.17) is 19.9 Å². The molecule has 3 N–H and O–H groups in total. The second-order valence-electron chi connectivity index (χ2n) is 8.60. The van der Waals surface area contributed by atoms with Crippen LogP contribution in [0.5, 0.6) is 0 Å². The number of benzene rings is 1. The van der Waals surface area contributed by atoms with Crippen molar-refractivity contribution in [3.63, 3.8) is 0 Å². The molecule has 1 aromatic carbocycles. The van der Waals surface area contributed by atoms with Crippen LogP contribution in [0, 0.1) is 11.7 Å². The van der Waals surface area contributed by atoms with Gasteiger partial charge in [-0.25, -0.2) is 18.2 Å². The van der Waals surface area contributed by atoms with Crippen molar-refractivity contribution in [3.8, 4) is 0 Å². The van der Waals surface area contributed by atoms with Gasteiger partial charge in [-0.1, -0.05) is 12.1 Å². The first-order valence-electron chi connectivity index (χ1n) is 9.44. The fourth-order valence-corrected chi connectivity index (χ4v) is 4.81. The summed E-state index contributed by atoms with van der Waals surface area (Å²) in [5, 5.41) is 11.6. The third-order valence-electron chi connectivity index (χ3n) is 6.07. The lowest BCUT2D eigenvalue weighted by atomic mass is 9.89. The molecule has 0 spiro atoms. The fraction of sp³-hybridized carbons (Fsp3) is 0.550. The average molecular weight is 410 g/mol. The van der Waals surface area contributed by atoms with Gasteiger partial charge in [0.2, 0.25) is 0 Å². The minimum atomic E-state index is -3.16. The number of aromatic nitrogens is 1. The Morgan fingerprint density at radius 2 is 1.97 bits per heavy atom. The number of rotatable bonds is 2. The molecular formula is C20H21F3N2O4. The first-order valence-corrected chi connectivity index (χ1v) is 9.44. The molecule has 0 radical (unpaired) electrons. The monoisotopic (exact) mass is 410 g/mol. The third kappa shape index (κ3) is 2.83. The van der Waals surface area contributed by atoms with Crippen LogP contribution in [0.2, 0.25) is 0 Å². The molecule has 1 aliphatic carbocycles. The van der Waals surface area contributed by atoms with Gasteiger partial charge in [-0.2, -0.15) is 0 Å². The predicted octanol–water partition coefficient (Wildman–Crippen LogP) is 2.76. The maximum Gasteiger partial charge on any atom is 0.256 e. The number of aliphatic hydroxyl groups is 1. The Morgan fingerprint density at radius 3 is 2.72 bits per heavy atom. The number of nitrogens with zero attached hydrogens (tertiary/aromatic N) is 1. The lowest BCUT2D eigenvalue weighted by Gasteiger charge is -2.29. The molecule has 29 heavy (non-hydrogen) atoms. The van der Waals surface area contributed by atoms with E-state index >= 15 is 0 Å². The number of nitrogens with two attached hydrogens (primary N) is 1. The van der Waals surface area contributed by atoms with Gasteiger partial charge in [-0.3, -0.25) is 0 Å². The van der Waals surface area contributed by atoms with Crippen LogP contribution < -0.4 is 5.73 Å². The number of hydrogen-bond donors (Lipinski definition) is 2. The van der Waals surface area contributed by atoms with Gasteiger partial charge < -0.3 is 25.1 Å². The van der Waals surface area contributed by atoms with Gasteiger partial charge in [0, 0.05) is 11.8 Å². The highest BCUT2D eigenvalue weighted by Crippen LogP contribution is 2.57. The molecule has 9 heteroatoms. The predicted molar refractivity (Wildman–Crippen MR) is 96.5 cm³/mol. The summed E-state index contributed by atoms with van der Waals surface area (Å²) in [7, 11) is 0. The van der Waals surface area contributed by atoms with Crippen LogP contribution >= 0.6 is 0 Å². The van der Waals surface area contributed by atoms with E-state index in [1.54, 1.807) is 32.0 Å². The molecule has 5 atom stereocenters. The molecule has 2 aromatic rings. The van der Waals surface area contributed by atoms with Gasteiger partial charge in [0.25, 0.3) is 5.92 Å². The van der Waals surface area contributed by atoms with Crippen molar-refractivity contribution in [2.45, 2.75) is 62.5 Å². The van der Waals surface area contributed by atoms with E-state index in [0.29, 0.717) is 16.5 Å². The van der Waals surface area contributed by atoms with Crippen molar-refractivity contribution < 1.29 is 32.5 Å². The summed E-state index contributed by atoms with van der Waals surface area (Å²) >= 11 is 0. The van der Waals surface area contributed by atoms with E-state index in [1.807, 2.05) is 0 Å². The van der Waals surface area contributed by atoms with Crippen molar-refractivity contribution in [2.24, 2.45) is 5.92 Å². The van der Waals surface area contributed by atoms with Crippen LogP contribution in [0.4, 0.5) is 19.0 Å². The standard InChI is InChI=1S/C20H21F3N2O4/c1-18(2)28-15-17(29-18)27-14-11(20(22,23)8-19(14,15)26)5-9-3-4-10-7-12(21)16(24)25-13(10)6-9/h3-4,6-7,11,14-15,17,26H,5,8H2,1-2H3,(H2,24,25)/t11-,14+,15?,17+,19+/m0/s1. The first-order chi connectivity index (χ1) is 13.5. The second kappa shape index (κ2) is 5.81. The maximum absolute atomic E-state index is 14.9. The zero-order chi connectivity index (χ0) is 20.8. The number of anilines is 1. The van der Waals surface area contributed by atoms with Gasteiger partial charge in [-0.15, -0.1) is 0 Å². The summed E-state index contributed by atoms with van der Waals surface area (Å²) in [6.07, 6.45) is -3.82. The molecule has 6 nitrogen and oxygen atoms in total. The summed E-state index contributed by atoms with van der Waals surface area (Å²) in [5.74, 6) is -6.33. The van der Waals surface area contributed by atoms with Crippen LogP contribution in [0.15, 0.2) is 24.3 Å². The molecule has 0 bridgehead atoms. The van der Waals surface area contributed by atoms with Gasteiger partial charge in [0.1, 0.15) is 17.8 Å². The minimum Gasteiger partial charge on any atom is -0.384 e. The zero-order valence-electron chi connectivity index (χ0n) is 15.9. The zero-order valence-corrected chi connectivity index (χ0v) is 15.9. The Morgan fingerprint density at radius 1 is 1.21 bits per heavy atom. The van der Waals surface area contributed by atoms with E-state index in [1.165, 1.54) is 6.07 Å². The molecule has 1 aromatic heterocycles. The fourth-order valence-electron chi connectivity index (χ4n) is 4.81. The van der Waals surface area contributed by atoms with Crippen molar-refractivity contribution in [3.05, 3.63) is 35.6 Å². The smallest absolute Gasteiger partial charge is 0.256 e. The van der Waals surface area contributed by atoms with E-state index in [0.717, 1.165) is 0 Å². The van der Waals surface area contributed by atoms with Crippen LogP contribution in [-0.4, -0.2) is 45.9 Å². The number of hydrogen-bond acceptors (Lipinski definition) is 6. The molecule has 5 rings (SSSR count). The average Bonchev–Trinajstić information content (AvgIpc) is 3.11. The highest BCUT2D eigenvalue weighted by Gasteiger charge is 2.74. The van der Waals surface area contributed by atoms with Gasteiger partial charge >= 0.3 is 0 Å². The highest BCUT2D eigenvalue weighted by atomic mass is 19.3. The Kier molecular flexibility index (Phi) is 3.82. The molecule has 2 saturated heterocycles. The number of nitrogen functional groups attached to an aromatic ring is 1. The van der Waals surface area contributed by atoms with Gasteiger partial charge in [-0.05, 0) is 38.0 Å².